The third-order valence-electron chi connectivity index (χ3n) is 2.89. The van der Waals surface area contributed by atoms with Gasteiger partial charge in [0.2, 0.25) is 4.77 Å². The number of nitrogens with one attached hydrogen (secondary N) is 1. The molecule has 2 aromatic rings. The molecule has 0 bridgehead atoms. The Labute approximate surface area is 117 Å². The van der Waals surface area contributed by atoms with Crippen LogP contribution >= 0.6 is 12.2 Å². The van der Waals surface area contributed by atoms with E-state index in [1.807, 2.05) is 12.1 Å². The average Bonchev–Trinajstić information content (AvgIpc) is 2.85. The van der Waals surface area contributed by atoms with Crippen molar-refractivity contribution in [2.24, 2.45) is 5.10 Å². The van der Waals surface area contributed by atoms with Gasteiger partial charge >= 0.3 is 0 Å². The van der Waals surface area contributed by atoms with Crippen molar-refractivity contribution in [2.75, 3.05) is 18.0 Å². The number of rotatable bonds is 5. The summed E-state index contributed by atoms with van der Waals surface area (Å²) in [6.07, 6.45) is 3.31. The Morgan fingerprint density at radius 3 is 2.53 bits per heavy atom. The van der Waals surface area contributed by atoms with Crippen molar-refractivity contribution < 1.29 is 0 Å². The van der Waals surface area contributed by atoms with Crippen molar-refractivity contribution in [3.63, 3.8) is 0 Å². The predicted molar refractivity (Wildman–Crippen MR) is 80.4 cm³/mol. The van der Waals surface area contributed by atoms with Gasteiger partial charge in [-0.3, -0.25) is 5.10 Å². The Bertz CT molecular complexity index is 592. The molecule has 100 valence electrons. The summed E-state index contributed by atoms with van der Waals surface area (Å²) in [7, 11) is 0. The minimum Gasteiger partial charge on any atom is -0.372 e. The molecule has 19 heavy (non-hydrogen) atoms. The molecule has 0 aliphatic carbocycles. The Balaban J connectivity index is 2.13. The third-order valence-corrected chi connectivity index (χ3v) is 3.17. The summed E-state index contributed by atoms with van der Waals surface area (Å²) in [5.41, 5.74) is 2.25. The maximum Gasteiger partial charge on any atom is 0.216 e. The zero-order valence-electron chi connectivity index (χ0n) is 11.1. The lowest BCUT2D eigenvalue weighted by Crippen LogP contribution is -2.21. The van der Waals surface area contributed by atoms with Crippen LogP contribution in [-0.2, 0) is 0 Å². The lowest BCUT2D eigenvalue weighted by Gasteiger charge is -2.20. The van der Waals surface area contributed by atoms with Crippen molar-refractivity contribution in [3.05, 3.63) is 40.9 Å². The van der Waals surface area contributed by atoms with Crippen LogP contribution < -0.4 is 4.90 Å². The second-order valence-corrected chi connectivity index (χ2v) is 4.40. The van der Waals surface area contributed by atoms with Crippen LogP contribution in [0.5, 0.6) is 0 Å². The SMILES string of the molecule is CCN(CC)c1ccc(/C=N/n2cn[nH]c2=S)cc1. The molecule has 0 radical (unpaired) electrons. The summed E-state index contributed by atoms with van der Waals surface area (Å²) in [6, 6.07) is 8.29. The summed E-state index contributed by atoms with van der Waals surface area (Å²) >= 11 is 5.01. The van der Waals surface area contributed by atoms with Gasteiger partial charge in [0, 0.05) is 18.8 Å². The Kier molecular flexibility index (Phi) is 4.46. The number of nitrogens with zero attached hydrogens (tertiary/aromatic N) is 4. The van der Waals surface area contributed by atoms with Crippen molar-refractivity contribution in [2.45, 2.75) is 13.8 Å². The largest absolute Gasteiger partial charge is 0.372 e. The minimum absolute atomic E-state index is 0.482. The van der Waals surface area contributed by atoms with Crippen LogP contribution in [0.1, 0.15) is 19.4 Å². The fourth-order valence-electron chi connectivity index (χ4n) is 1.81. The van der Waals surface area contributed by atoms with E-state index in [4.69, 9.17) is 12.2 Å². The number of hydrogen-bond acceptors (Lipinski definition) is 4. The number of benzene rings is 1. The molecule has 0 amide bonds. The van der Waals surface area contributed by atoms with E-state index in [2.05, 4.69) is 46.2 Å². The molecule has 0 saturated heterocycles. The molecule has 0 spiro atoms. The molecule has 0 atom stereocenters. The van der Waals surface area contributed by atoms with Crippen LogP contribution in [0.4, 0.5) is 5.69 Å². The lowest BCUT2D eigenvalue weighted by molar-refractivity contribution is 0.862. The molecule has 1 N–H and O–H groups in total. The van der Waals surface area contributed by atoms with E-state index >= 15 is 0 Å². The molecule has 0 unspecified atom stereocenters. The summed E-state index contributed by atoms with van der Waals surface area (Å²) in [5, 5.41) is 10.7. The smallest absolute Gasteiger partial charge is 0.216 e. The molecule has 6 heteroatoms. The molecule has 0 saturated carbocycles. The number of anilines is 1. The second-order valence-electron chi connectivity index (χ2n) is 4.01. The predicted octanol–water partition coefficient (Wildman–Crippen LogP) is 2.67. The normalized spacial score (nSPS) is 11.1. The molecule has 1 aromatic carbocycles. The fourth-order valence-corrected chi connectivity index (χ4v) is 1.96. The fraction of sp³-hybridized carbons (Fsp3) is 0.308. The molecule has 2 rings (SSSR count). The molecule has 0 fully saturated rings. The molecule has 1 aromatic heterocycles. The highest BCUT2D eigenvalue weighted by Gasteiger charge is 2.00. The molecule has 0 aliphatic heterocycles. The van der Waals surface area contributed by atoms with Gasteiger partial charge in [0.25, 0.3) is 0 Å². The molecular formula is C13H17N5S. The Morgan fingerprint density at radius 2 is 2.00 bits per heavy atom. The number of H-pyrrole nitrogens is 1. The van der Waals surface area contributed by atoms with Crippen LogP contribution in [-0.4, -0.2) is 34.2 Å². The zero-order valence-corrected chi connectivity index (χ0v) is 11.9. The Morgan fingerprint density at radius 1 is 1.32 bits per heavy atom. The monoisotopic (exact) mass is 275 g/mol. The first-order valence-corrected chi connectivity index (χ1v) is 6.66. The highest BCUT2D eigenvalue weighted by molar-refractivity contribution is 7.71. The number of hydrogen-bond donors (Lipinski definition) is 1. The average molecular weight is 275 g/mol. The maximum atomic E-state index is 5.01. The number of aromatic amines is 1. The highest BCUT2D eigenvalue weighted by Crippen LogP contribution is 2.13. The van der Waals surface area contributed by atoms with Crippen LogP contribution in [0.3, 0.4) is 0 Å². The van der Waals surface area contributed by atoms with Crippen LogP contribution in [0, 0.1) is 4.77 Å². The van der Waals surface area contributed by atoms with E-state index in [0.717, 1.165) is 18.7 Å². The van der Waals surface area contributed by atoms with Crippen LogP contribution in [0.25, 0.3) is 0 Å². The molecular weight excluding hydrogens is 258 g/mol. The molecule has 0 aliphatic rings. The first-order chi connectivity index (χ1) is 9.24. The first kappa shape index (κ1) is 13.5. The van der Waals surface area contributed by atoms with Crippen molar-refractivity contribution in [3.8, 4) is 0 Å². The zero-order chi connectivity index (χ0) is 13.7. The van der Waals surface area contributed by atoms with E-state index < -0.39 is 0 Å². The standard InChI is InChI=1S/C13H17N5S/c1-3-17(4-2)12-7-5-11(6-8-12)9-15-18-10-14-16-13(18)19/h5-10H,3-4H2,1-2H3,(H,16,19)/b15-9+. The van der Waals surface area contributed by atoms with Gasteiger partial charge < -0.3 is 4.90 Å². The maximum absolute atomic E-state index is 5.01. The van der Waals surface area contributed by atoms with Crippen LogP contribution in [0.2, 0.25) is 0 Å². The highest BCUT2D eigenvalue weighted by atomic mass is 32.1. The molecule has 1 heterocycles. The van der Waals surface area contributed by atoms with Gasteiger partial charge in [-0.1, -0.05) is 12.1 Å². The van der Waals surface area contributed by atoms with Crippen molar-refractivity contribution >= 4 is 24.1 Å². The summed E-state index contributed by atoms with van der Waals surface area (Å²) in [5.74, 6) is 0. The van der Waals surface area contributed by atoms with Crippen LogP contribution in [0.15, 0.2) is 35.7 Å². The molecule has 5 nitrogen and oxygen atoms in total. The van der Waals surface area contributed by atoms with Crippen molar-refractivity contribution in [1.82, 2.24) is 14.9 Å². The Hall–Kier alpha value is -1.95. The quantitative estimate of drug-likeness (QED) is 0.674. The minimum atomic E-state index is 0.482. The topological polar surface area (TPSA) is 49.2 Å². The van der Waals surface area contributed by atoms with E-state index in [1.165, 1.54) is 10.4 Å². The van der Waals surface area contributed by atoms with Gasteiger partial charge in [0.15, 0.2) is 0 Å². The summed E-state index contributed by atoms with van der Waals surface area (Å²) in [4.78, 5) is 2.30. The summed E-state index contributed by atoms with van der Waals surface area (Å²) < 4.78 is 2.00. The van der Waals surface area contributed by atoms with E-state index in [1.54, 1.807) is 12.5 Å². The second kappa shape index (κ2) is 6.29. The summed E-state index contributed by atoms with van der Waals surface area (Å²) in [6.45, 7) is 6.32. The van der Waals surface area contributed by atoms with Gasteiger partial charge in [0.1, 0.15) is 6.33 Å². The number of aromatic nitrogens is 3. The van der Waals surface area contributed by atoms with Gasteiger partial charge in [-0.2, -0.15) is 14.9 Å². The van der Waals surface area contributed by atoms with Gasteiger partial charge in [0.05, 0.1) is 6.21 Å². The van der Waals surface area contributed by atoms with Gasteiger partial charge in [-0.05, 0) is 43.8 Å². The van der Waals surface area contributed by atoms with E-state index in [-0.39, 0.29) is 0 Å². The van der Waals surface area contributed by atoms with E-state index in [9.17, 15) is 0 Å². The van der Waals surface area contributed by atoms with E-state index in [0.29, 0.717) is 4.77 Å². The lowest BCUT2D eigenvalue weighted by atomic mass is 10.2. The third kappa shape index (κ3) is 3.29. The van der Waals surface area contributed by atoms with Crippen molar-refractivity contribution in [1.29, 1.82) is 0 Å². The van der Waals surface area contributed by atoms with Gasteiger partial charge in [-0.25, -0.2) is 0 Å². The first-order valence-electron chi connectivity index (χ1n) is 6.26. The van der Waals surface area contributed by atoms with Gasteiger partial charge in [-0.15, -0.1) is 0 Å².